The second kappa shape index (κ2) is 7.35. The normalized spacial score (nSPS) is 27.1. The van der Waals surface area contributed by atoms with Gasteiger partial charge in [0.2, 0.25) is 0 Å². The zero-order valence-corrected chi connectivity index (χ0v) is 18.9. The summed E-state index contributed by atoms with van der Waals surface area (Å²) < 4.78 is 7.69. The van der Waals surface area contributed by atoms with E-state index in [9.17, 15) is 9.59 Å². The number of carbonyl (C=O) groups excluding carboxylic acids is 1. The average molecular weight is 424 g/mol. The third-order valence-corrected chi connectivity index (χ3v) is 7.38. The first-order valence-corrected chi connectivity index (χ1v) is 11.7. The fraction of sp³-hybridized carbons (Fsp3) is 0.640. The quantitative estimate of drug-likeness (QED) is 0.750. The van der Waals surface area contributed by atoms with E-state index in [1.807, 2.05) is 21.6 Å². The van der Waals surface area contributed by atoms with Gasteiger partial charge in [-0.3, -0.25) is 14.2 Å². The molecule has 166 valence electrons. The summed E-state index contributed by atoms with van der Waals surface area (Å²) in [6.07, 6.45) is 7.37. The number of likely N-dealkylation sites (tertiary alicyclic amines) is 1. The van der Waals surface area contributed by atoms with Crippen LogP contribution in [0.5, 0.6) is 5.75 Å². The van der Waals surface area contributed by atoms with E-state index in [1.165, 1.54) is 0 Å². The van der Waals surface area contributed by atoms with Crippen molar-refractivity contribution in [2.45, 2.75) is 78.3 Å². The Hall–Kier alpha value is -2.37. The van der Waals surface area contributed by atoms with Crippen LogP contribution in [-0.2, 0) is 17.8 Å². The number of amides is 1. The average Bonchev–Trinajstić information content (AvgIpc) is 2.84. The standard InChI is InChI=1S/C25H33N3O3/c1-24(2)12-17-13-25(3,15-24)16-28(17)22(29)14-31-18-8-9-20-19(11-18)23(30)27-10-6-4-5-7-21(27)26-20/h8-9,11,17H,4-7,10,12-16H2,1-3H3/t17-,25-/m1/s1. The number of carbonyl (C=O) groups is 1. The summed E-state index contributed by atoms with van der Waals surface area (Å²) in [5.74, 6) is 1.49. The molecule has 0 spiro atoms. The maximum absolute atomic E-state index is 13.0. The third kappa shape index (κ3) is 3.85. The molecular formula is C25H33N3O3. The topological polar surface area (TPSA) is 64.4 Å². The summed E-state index contributed by atoms with van der Waals surface area (Å²) in [6.45, 7) is 8.49. The van der Waals surface area contributed by atoms with Crippen molar-refractivity contribution in [3.63, 3.8) is 0 Å². The van der Waals surface area contributed by atoms with Crippen molar-refractivity contribution in [1.29, 1.82) is 0 Å². The van der Waals surface area contributed by atoms with Gasteiger partial charge in [-0.2, -0.15) is 0 Å². The SMILES string of the molecule is CC1(C)C[C@@H]2C[C@@](C)(CN2C(=O)COc2ccc3nc4n(c(=O)c3c2)CCCCC4)C1. The van der Waals surface area contributed by atoms with Crippen LogP contribution in [0, 0.1) is 10.8 Å². The molecule has 5 rings (SSSR count). The van der Waals surface area contributed by atoms with Crippen LogP contribution < -0.4 is 10.3 Å². The molecule has 3 aliphatic rings. The molecule has 2 aliphatic heterocycles. The summed E-state index contributed by atoms with van der Waals surface area (Å²) in [5, 5.41) is 0.571. The molecule has 1 aromatic carbocycles. The van der Waals surface area contributed by atoms with Gasteiger partial charge in [0.15, 0.2) is 6.61 Å². The predicted octanol–water partition coefficient (Wildman–Crippen LogP) is 3.93. The van der Waals surface area contributed by atoms with Gasteiger partial charge in [-0.05, 0) is 61.1 Å². The highest BCUT2D eigenvalue weighted by Crippen LogP contribution is 2.52. The summed E-state index contributed by atoms with van der Waals surface area (Å²) in [5.41, 5.74) is 1.20. The molecule has 2 atom stereocenters. The van der Waals surface area contributed by atoms with Crippen LogP contribution >= 0.6 is 0 Å². The van der Waals surface area contributed by atoms with E-state index in [0.29, 0.717) is 22.7 Å². The van der Waals surface area contributed by atoms with Gasteiger partial charge in [0, 0.05) is 25.6 Å². The highest BCUT2D eigenvalue weighted by atomic mass is 16.5. The van der Waals surface area contributed by atoms with Crippen molar-refractivity contribution < 1.29 is 9.53 Å². The number of hydrogen-bond acceptors (Lipinski definition) is 4. The lowest BCUT2D eigenvalue weighted by molar-refractivity contribution is -0.134. The largest absolute Gasteiger partial charge is 0.484 e. The molecule has 0 radical (unpaired) electrons. The minimum Gasteiger partial charge on any atom is -0.484 e. The molecule has 1 saturated carbocycles. The first kappa shape index (κ1) is 20.5. The van der Waals surface area contributed by atoms with Gasteiger partial charge in [0.05, 0.1) is 10.9 Å². The molecule has 3 heterocycles. The van der Waals surface area contributed by atoms with Crippen LogP contribution in [-0.4, -0.2) is 39.6 Å². The smallest absolute Gasteiger partial charge is 0.261 e. The molecule has 1 aromatic heterocycles. The molecule has 1 saturated heterocycles. The van der Waals surface area contributed by atoms with Crippen molar-refractivity contribution in [2.24, 2.45) is 10.8 Å². The zero-order chi connectivity index (χ0) is 21.8. The molecule has 0 unspecified atom stereocenters. The number of hydrogen-bond donors (Lipinski definition) is 0. The van der Waals surface area contributed by atoms with Crippen molar-refractivity contribution in [3.05, 3.63) is 34.4 Å². The second-order valence-electron chi connectivity index (χ2n) is 11.0. The third-order valence-electron chi connectivity index (χ3n) is 7.38. The Kier molecular flexibility index (Phi) is 4.87. The summed E-state index contributed by atoms with van der Waals surface area (Å²) in [6, 6.07) is 5.73. The Bertz CT molecular complexity index is 1090. The van der Waals surface area contributed by atoms with E-state index in [4.69, 9.17) is 9.72 Å². The van der Waals surface area contributed by atoms with E-state index in [2.05, 4.69) is 20.8 Å². The summed E-state index contributed by atoms with van der Waals surface area (Å²) in [7, 11) is 0. The predicted molar refractivity (Wildman–Crippen MR) is 120 cm³/mol. The number of rotatable bonds is 3. The Morgan fingerprint density at radius 1 is 1.19 bits per heavy atom. The van der Waals surface area contributed by atoms with E-state index in [0.717, 1.165) is 63.9 Å². The highest BCUT2D eigenvalue weighted by molar-refractivity contribution is 5.80. The van der Waals surface area contributed by atoms with Crippen molar-refractivity contribution in [1.82, 2.24) is 14.5 Å². The van der Waals surface area contributed by atoms with Crippen LogP contribution in [0.25, 0.3) is 10.9 Å². The monoisotopic (exact) mass is 423 g/mol. The fourth-order valence-electron chi connectivity index (χ4n) is 6.47. The molecule has 2 bridgehead atoms. The van der Waals surface area contributed by atoms with Gasteiger partial charge in [-0.15, -0.1) is 0 Å². The lowest BCUT2D eigenvalue weighted by Crippen LogP contribution is -2.40. The zero-order valence-electron chi connectivity index (χ0n) is 18.9. The van der Waals surface area contributed by atoms with Gasteiger partial charge in [-0.1, -0.05) is 27.2 Å². The van der Waals surface area contributed by atoms with Crippen molar-refractivity contribution >= 4 is 16.8 Å². The summed E-state index contributed by atoms with van der Waals surface area (Å²) in [4.78, 5) is 32.8. The minimum atomic E-state index is 0.00201. The Morgan fingerprint density at radius 2 is 2.03 bits per heavy atom. The molecule has 0 N–H and O–H groups in total. The number of benzene rings is 1. The van der Waals surface area contributed by atoms with Crippen LogP contribution in [0.2, 0.25) is 0 Å². The van der Waals surface area contributed by atoms with Crippen LogP contribution in [0.1, 0.15) is 65.1 Å². The van der Waals surface area contributed by atoms with E-state index in [1.54, 1.807) is 6.07 Å². The lowest BCUT2D eigenvalue weighted by Gasteiger charge is -2.39. The highest BCUT2D eigenvalue weighted by Gasteiger charge is 2.50. The number of nitrogens with zero attached hydrogens (tertiary/aromatic N) is 3. The number of fused-ring (bicyclic) bond motifs is 4. The molecule has 2 aromatic rings. The molecule has 6 heteroatoms. The number of aryl methyl sites for hydroxylation is 1. The Balaban J connectivity index is 1.33. The Morgan fingerprint density at radius 3 is 2.87 bits per heavy atom. The molecular weight excluding hydrogens is 390 g/mol. The number of ether oxygens (including phenoxy) is 1. The summed E-state index contributed by atoms with van der Waals surface area (Å²) >= 11 is 0. The molecule has 2 fully saturated rings. The van der Waals surface area contributed by atoms with Crippen molar-refractivity contribution in [2.75, 3.05) is 13.2 Å². The van der Waals surface area contributed by atoms with Crippen LogP contribution in [0.15, 0.2) is 23.0 Å². The minimum absolute atomic E-state index is 0.00201. The van der Waals surface area contributed by atoms with E-state index in [-0.39, 0.29) is 28.9 Å². The Labute approximate surface area is 183 Å². The van der Waals surface area contributed by atoms with Crippen LogP contribution in [0.4, 0.5) is 0 Å². The van der Waals surface area contributed by atoms with E-state index >= 15 is 0 Å². The first-order chi connectivity index (χ1) is 14.7. The first-order valence-electron chi connectivity index (χ1n) is 11.7. The molecule has 6 nitrogen and oxygen atoms in total. The fourth-order valence-corrected chi connectivity index (χ4v) is 6.47. The van der Waals surface area contributed by atoms with Crippen molar-refractivity contribution in [3.8, 4) is 5.75 Å². The molecule has 1 amide bonds. The maximum Gasteiger partial charge on any atom is 0.261 e. The second-order valence-corrected chi connectivity index (χ2v) is 11.0. The van der Waals surface area contributed by atoms with Gasteiger partial charge in [0.25, 0.3) is 11.5 Å². The molecule has 31 heavy (non-hydrogen) atoms. The van der Waals surface area contributed by atoms with E-state index < -0.39 is 0 Å². The number of aromatic nitrogens is 2. The maximum atomic E-state index is 13.0. The van der Waals surface area contributed by atoms with Gasteiger partial charge in [0.1, 0.15) is 11.6 Å². The molecule has 1 aliphatic carbocycles. The lowest BCUT2D eigenvalue weighted by atomic mass is 9.65. The van der Waals surface area contributed by atoms with Gasteiger partial charge < -0.3 is 9.64 Å². The van der Waals surface area contributed by atoms with Gasteiger partial charge >= 0.3 is 0 Å². The van der Waals surface area contributed by atoms with Crippen LogP contribution in [0.3, 0.4) is 0 Å². The van der Waals surface area contributed by atoms with Gasteiger partial charge in [-0.25, -0.2) is 4.98 Å².